The third-order valence-corrected chi connectivity index (χ3v) is 4.10. The monoisotopic (exact) mass is 327 g/mol. The minimum Gasteiger partial charge on any atom is -0.497 e. The highest BCUT2D eigenvalue weighted by Crippen LogP contribution is 2.17. The van der Waals surface area contributed by atoms with Crippen LogP contribution < -0.4 is 9.47 Å². The average molecular weight is 327 g/mol. The fourth-order valence-electron chi connectivity index (χ4n) is 2.75. The van der Waals surface area contributed by atoms with Crippen molar-refractivity contribution in [2.75, 3.05) is 20.2 Å². The van der Waals surface area contributed by atoms with Crippen LogP contribution in [0.2, 0.25) is 0 Å². The van der Waals surface area contributed by atoms with Crippen molar-refractivity contribution in [3.63, 3.8) is 0 Å². The third-order valence-electron chi connectivity index (χ3n) is 4.10. The summed E-state index contributed by atoms with van der Waals surface area (Å²) in [6.45, 7) is 1.32. The van der Waals surface area contributed by atoms with Crippen LogP contribution in [0.15, 0.2) is 42.7 Å². The van der Waals surface area contributed by atoms with E-state index >= 15 is 0 Å². The number of methoxy groups -OCH3 is 1. The minimum atomic E-state index is -0.0302. The standard InChI is InChI=1S/C18H21N3O3/c1-23-15-6-3-14(4-7-15)5-8-17(22)21-12-9-16(13-21)24-18-19-10-2-11-20-18/h2-4,6-7,10-11,16H,5,8-9,12-13H2,1H3. The number of ether oxygens (including phenoxy) is 2. The Morgan fingerprint density at radius 1 is 1.25 bits per heavy atom. The molecule has 0 N–H and O–H groups in total. The second-order valence-electron chi connectivity index (χ2n) is 5.75. The number of hydrogen-bond acceptors (Lipinski definition) is 5. The number of carbonyl (C=O) groups excluding carboxylic acids is 1. The second-order valence-corrected chi connectivity index (χ2v) is 5.75. The predicted octanol–water partition coefficient (Wildman–Crippen LogP) is 2.10. The number of amides is 1. The van der Waals surface area contributed by atoms with E-state index in [9.17, 15) is 4.79 Å². The summed E-state index contributed by atoms with van der Waals surface area (Å²) in [7, 11) is 1.64. The van der Waals surface area contributed by atoms with Crippen molar-refractivity contribution < 1.29 is 14.3 Å². The molecule has 1 atom stereocenters. The third kappa shape index (κ3) is 4.22. The fraction of sp³-hybridized carbons (Fsp3) is 0.389. The zero-order chi connectivity index (χ0) is 16.8. The first-order valence-electron chi connectivity index (χ1n) is 8.09. The molecule has 0 spiro atoms. The van der Waals surface area contributed by atoms with Gasteiger partial charge in [-0.3, -0.25) is 4.79 Å². The Morgan fingerprint density at radius 2 is 2.00 bits per heavy atom. The van der Waals surface area contributed by atoms with E-state index in [1.807, 2.05) is 29.2 Å². The minimum absolute atomic E-state index is 0.0302. The lowest BCUT2D eigenvalue weighted by Crippen LogP contribution is -2.31. The van der Waals surface area contributed by atoms with Gasteiger partial charge in [0.2, 0.25) is 5.91 Å². The number of aryl methyl sites for hydroxylation is 1. The number of rotatable bonds is 6. The topological polar surface area (TPSA) is 64.5 Å². The summed E-state index contributed by atoms with van der Waals surface area (Å²) in [5, 5.41) is 0. The van der Waals surface area contributed by atoms with Crippen molar-refractivity contribution in [3.05, 3.63) is 48.3 Å². The quantitative estimate of drug-likeness (QED) is 0.813. The highest BCUT2D eigenvalue weighted by Gasteiger charge is 2.27. The Labute approximate surface area is 141 Å². The van der Waals surface area contributed by atoms with Crippen LogP contribution in [0, 0.1) is 0 Å². The van der Waals surface area contributed by atoms with Crippen LogP contribution in [-0.2, 0) is 11.2 Å². The molecule has 0 aliphatic carbocycles. The summed E-state index contributed by atoms with van der Waals surface area (Å²) in [6.07, 6.45) is 5.31. The molecule has 1 aliphatic rings. The summed E-state index contributed by atoms with van der Waals surface area (Å²) >= 11 is 0. The molecule has 1 aromatic heterocycles. The first-order valence-corrected chi connectivity index (χ1v) is 8.09. The highest BCUT2D eigenvalue weighted by molar-refractivity contribution is 5.76. The summed E-state index contributed by atoms with van der Waals surface area (Å²) in [5.74, 6) is 0.985. The molecular weight excluding hydrogens is 306 g/mol. The van der Waals surface area contributed by atoms with Gasteiger partial charge >= 0.3 is 6.01 Å². The van der Waals surface area contributed by atoms with Gasteiger partial charge in [0, 0.05) is 31.8 Å². The first kappa shape index (κ1) is 16.2. The van der Waals surface area contributed by atoms with E-state index in [0.717, 1.165) is 30.7 Å². The van der Waals surface area contributed by atoms with Gasteiger partial charge in [-0.1, -0.05) is 12.1 Å². The molecule has 2 aromatic rings. The van der Waals surface area contributed by atoms with Gasteiger partial charge in [0.05, 0.1) is 13.7 Å². The molecule has 1 amide bonds. The maximum Gasteiger partial charge on any atom is 0.316 e. The zero-order valence-corrected chi connectivity index (χ0v) is 13.7. The molecule has 1 unspecified atom stereocenters. The van der Waals surface area contributed by atoms with Gasteiger partial charge in [-0.2, -0.15) is 0 Å². The van der Waals surface area contributed by atoms with Crippen LogP contribution in [0.25, 0.3) is 0 Å². The van der Waals surface area contributed by atoms with Crippen LogP contribution in [-0.4, -0.2) is 47.1 Å². The molecule has 1 saturated heterocycles. The molecule has 0 radical (unpaired) electrons. The zero-order valence-electron chi connectivity index (χ0n) is 13.7. The number of nitrogens with zero attached hydrogens (tertiary/aromatic N) is 3. The van der Waals surface area contributed by atoms with Crippen LogP contribution >= 0.6 is 0 Å². The fourth-order valence-corrected chi connectivity index (χ4v) is 2.75. The predicted molar refractivity (Wildman–Crippen MR) is 89.0 cm³/mol. The Bertz CT molecular complexity index is 661. The largest absolute Gasteiger partial charge is 0.497 e. The van der Waals surface area contributed by atoms with E-state index in [1.54, 1.807) is 25.6 Å². The summed E-state index contributed by atoms with van der Waals surface area (Å²) < 4.78 is 10.9. The molecule has 2 heterocycles. The molecule has 0 saturated carbocycles. The van der Waals surface area contributed by atoms with Gasteiger partial charge < -0.3 is 14.4 Å². The van der Waals surface area contributed by atoms with Crippen LogP contribution in [0.1, 0.15) is 18.4 Å². The van der Waals surface area contributed by atoms with E-state index in [-0.39, 0.29) is 12.0 Å². The molecule has 3 rings (SSSR count). The number of likely N-dealkylation sites (tertiary alicyclic amines) is 1. The van der Waals surface area contributed by atoms with Gasteiger partial charge in [0.25, 0.3) is 0 Å². The molecular formula is C18H21N3O3. The van der Waals surface area contributed by atoms with Crippen LogP contribution in [0.3, 0.4) is 0 Å². The van der Waals surface area contributed by atoms with E-state index < -0.39 is 0 Å². The molecule has 1 fully saturated rings. The van der Waals surface area contributed by atoms with Crippen LogP contribution in [0.5, 0.6) is 11.8 Å². The number of benzene rings is 1. The Morgan fingerprint density at radius 3 is 2.71 bits per heavy atom. The lowest BCUT2D eigenvalue weighted by Gasteiger charge is -2.16. The summed E-state index contributed by atoms with van der Waals surface area (Å²) in [6, 6.07) is 9.94. The second kappa shape index (κ2) is 7.77. The van der Waals surface area contributed by atoms with Crippen molar-refractivity contribution in [3.8, 4) is 11.8 Å². The normalized spacial score (nSPS) is 16.9. The smallest absolute Gasteiger partial charge is 0.316 e. The van der Waals surface area contributed by atoms with Gasteiger partial charge in [0.1, 0.15) is 11.9 Å². The summed E-state index contributed by atoms with van der Waals surface area (Å²) in [5.41, 5.74) is 1.13. The maximum absolute atomic E-state index is 12.4. The SMILES string of the molecule is COc1ccc(CCC(=O)N2CCC(Oc3ncccn3)C2)cc1. The van der Waals surface area contributed by atoms with E-state index in [2.05, 4.69) is 9.97 Å². The highest BCUT2D eigenvalue weighted by atomic mass is 16.5. The van der Waals surface area contributed by atoms with Gasteiger partial charge in [-0.05, 0) is 30.2 Å². The van der Waals surface area contributed by atoms with Crippen molar-refractivity contribution in [1.82, 2.24) is 14.9 Å². The molecule has 0 bridgehead atoms. The number of carbonyl (C=O) groups is 1. The van der Waals surface area contributed by atoms with Crippen molar-refractivity contribution in [2.45, 2.75) is 25.4 Å². The maximum atomic E-state index is 12.4. The Hall–Kier alpha value is -2.63. The molecule has 1 aromatic carbocycles. The Kier molecular flexibility index (Phi) is 5.25. The molecule has 6 heteroatoms. The first-order chi connectivity index (χ1) is 11.7. The summed E-state index contributed by atoms with van der Waals surface area (Å²) in [4.78, 5) is 22.3. The van der Waals surface area contributed by atoms with E-state index in [4.69, 9.17) is 9.47 Å². The van der Waals surface area contributed by atoms with Gasteiger partial charge in [-0.15, -0.1) is 0 Å². The van der Waals surface area contributed by atoms with Gasteiger partial charge in [-0.25, -0.2) is 9.97 Å². The lowest BCUT2D eigenvalue weighted by molar-refractivity contribution is -0.130. The average Bonchev–Trinajstić information content (AvgIpc) is 3.09. The van der Waals surface area contributed by atoms with Crippen LogP contribution in [0.4, 0.5) is 0 Å². The van der Waals surface area contributed by atoms with E-state index in [1.165, 1.54) is 0 Å². The van der Waals surface area contributed by atoms with Crippen molar-refractivity contribution in [2.24, 2.45) is 0 Å². The van der Waals surface area contributed by atoms with Crippen molar-refractivity contribution >= 4 is 5.91 Å². The molecule has 126 valence electrons. The van der Waals surface area contributed by atoms with E-state index in [0.29, 0.717) is 19.0 Å². The molecule has 6 nitrogen and oxygen atoms in total. The Balaban J connectivity index is 1.45. The molecule has 1 aliphatic heterocycles. The number of aromatic nitrogens is 2. The van der Waals surface area contributed by atoms with Crippen molar-refractivity contribution in [1.29, 1.82) is 0 Å². The van der Waals surface area contributed by atoms with Gasteiger partial charge in [0.15, 0.2) is 0 Å². The lowest BCUT2D eigenvalue weighted by atomic mass is 10.1. The number of hydrogen-bond donors (Lipinski definition) is 0. The molecule has 24 heavy (non-hydrogen) atoms.